The molecule has 0 radical (unpaired) electrons. The predicted octanol–water partition coefficient (Wildman–Crippen LogP) is 2.02. The van der Waals surface area contributed by atoms with Gasteiger partial charge in [-0.1, -0.05) is 11.6 Å². The van der Waals surface area contributed by atoms with Crippen LogP contribution in [0.3, 0.4) is 0 Å². The van der Waals surface area contributed by atoms with E-state index in [1.54, 1.807) is 0 Å². The Labute approximate surface area is 141 Å². The largest absolute Gasteiger partial charge is 0.393 e. The van der Waals surface area contributed by atoms with Crippen molar-refractivity contribution < 1.29 is 18.7 Å². The first-order valence-corrected chi connectivity index (χ1v) is 7.80. The van der Waals surface area contributed by atoms with Gasteiger partial charge in [0.1, 0.15) is 23.8 Å². The van der Waals surface area contributed by atoms with E-state index in [9.17, 15) is 18.7 Å². The fourth-order valence-corrected chi connectivity index (χ4v) is 3.24. The topological polar surface area (TPSA) is 90.9 Å². The number of nitrogens with zero attached hydrogens (tertiary/aromatic N) is 2. The molecule has 0 aliphatic heterocycles. The lowest BCUT2D eigenvalue weighted by Crippen LogP contribution is -2.33. The van der Waals surface area contributed by atoms with Crippen molar-refractivity contribution in [1.29, 1.82) is 0 Å². The molecule has 6 nitrogen and oxygen atoms in total. The average molecular weight is 357 g/mol. The van der Waals surface area contributed by atoms with Crippen LogP contribution in [0.15, 0.2) is 18.5 Å². The molecule has 1 aliphatic rings. The van der Waals surface area contributed by atoms with Crippen LogP contribution in [0.5, 0.6) is 0 Å². The van der Waals surface area contributed by atoms with Crippen molar-refractivity contribution in [3.05, 3.63) is 46.5 Å². The molecule has 24 heavy (non-hydrogen) atoms. The molecule has 0 unspecified atom stereocenters. The van der Waals surface area contributed by atoms with Crippen LogP contribution in [-0.2, 0) is 0 Å². The molecule has 1 aromatic carbocycles. The van der Waals surface area contributed by atoms with Gasteiger partial charge < -0.3 is 10.4 Å². The van der Waals surface area contributed by atoms with Crippen molar-refractivity contribution in [2.45, 2.75) is 24.9 Å². The van der Waals surface area contributed by atoms with E-state index in [1.165, 1.54) is 6.33 Å². The molecular formula is C15H15ClF2N4O2. The highest BCUT2D eigenvalue weighted by Gasteiger charge is 2.35. The van der Waals surface area contributed by atoms with Crippen LogP contribution in [0.25, 0.3) is 0 Å². The van der Waals surface area contributed by atoms with Gasteiger partial charge in [-0.3, -0.25) is 9.89 Å². The normalized spacial score (nSPS) is 23.4. The lowest BCUT2D eigenvalue weighted by Gasteiger charge is -2.15. The van der Waals surface area contributed by atoms with Crippen LogP contribution in [-0.4, -0.2) is 38.8 Å². The number of aromatic amines is 1. The molecule has 3 rings (SSSR count). The van der Waals surface area contributed by atoms with E-state index in [0.717, 1.165) is 12.1 Å². The lowest BCUT2D eigenvalue weighted by molar-refractivity contribution is 0.0912. The first-order chi connectivity index (χ1) is 11.5. The highest BCUT2D eigenvalue weighted by molar-refractivity contribution is 6.34. The third-order valence-electron chi connectivity index (χ3n) is 4.27. The number of H-pyrrole nitrogens is 1. The molecular weight excluding hydrogens is 342 g/mol. The third-order valence-corrected chi connectivity index (χ3v) is 4.64. The standard InChI is InChI=1S/C15H15ClF2N4O2/c16-13-10(18)2-1-9(17)12(13)15(24)19-5-8-3-7(4-11(8)23)14-20-6-21-22-14/h1-2,6-8,11,23H,3-5H2,(H,19,24)(H,20,21,22)/t7-,8+,11+/m1/s1. The number of halogens is 3. The number of amides is 1. The van der Waals surface area contributed by atoms with Gasteiger partial charge >= 0.3 is 0 Å². The summed E-state index contributed by atoms with van der Waals surface area (Å²) < 4.78 is 27.1. The summed E-state index contributed by atoms with van der Waals surface area (Å²) in [7, 11) is 0. The first-order valence-electron chi connectivity index (χ1n) is 7.42. The Balaban J connectivity index is 1.64. The van der Waals surface area contributed by atoms with Crippen LogP contribution in [0.1, 0.15) is 34.9 Å². The van der Waals surface area contributed by atoms with E-state index in [0.29, 0.717) is 18.7 Å². The summed E-state index contributed by atoms with van der Waals surface area (Å²) in [5.74, 6) is -2.10. The number of hydrogen-bond acceptors (Lipinski definition) is 4. The number of hydrogen-bond donors (Lipinski definition) is 3. The molecule has 9 heteroatoms. The fourth-order valence-electron chi connectivity index (χ4n) is 3.00. The predicted molar refractivity (Wildman–Crippen MR) is 81.6 cm³/mol. The summed E-state index contributed by atoms with van der Waals surface area (Å²) in [5, 5.41) is 18.6. The van der Waals surface area contributed by atoms with Crippen molar-refractivity contribution in [3.8, 4) is 0 Å². The maximum absolute atomic E-state index is 13.7. The molecule has 1 aromatic heterocycles. The van der Waals surface area contributed by atoms with E-state index in [4.69, 9.17) is 11.6 Å². The fraction of sp³-hybridized carbons (Fsp3) is 0.400. The van der Waals surface area contributed by atoms with E-state index < -0.39 is 34.2 Å². The van der Waals surface area contributed by atoms with Gasteiger partial charge in [-0.25, -0.2) is 13.8 Å². The van der Waals surface area contributed by atoms with Crippen molar-refractivity contribution in [2.75, 3.05) is 6.54 Å². The number of aliphatic hydroxyl groups is 1. The van der Waals surface area contributed by atoms with Gasteiger partial charge in [-0.15, -0.1) is 0 Å². The molecule has 1 aliphatic carbocycles. The summed E-state index contributed by atoms with van der Waals surface area (Å²) in [4.78, 5) is 16.2. The number of nitrogens with one attached hydrogen (secondary N) is 2. The third kappa shape index (κ3) is 3.25. The molecule has 0 bridgehead atoms. The van der Waals surface area contributed by atoms with Crippen molar-refractivity contribution >= 4 is 17.5 Å². The molecule has 128 valence electrons. The van der Waals surface area contributed by atoms with Crippen LogP contribution in [0.2, 0.25) is 5.02 Å². The molecule has 2 aromatic rings. The molecule has 1 saturated carbocycles. The summed E-state index contributed by atoms with van der Waals surface area (Å²) in [6, 6.07) is 1.71. The van der Waals surface area contributed by atoms with Gasteiger partial charge in [0.25, 0.3) is 5.91 Å². The summed E-state index contributed by atoms with van der Waals surface area (Å²) in [6.45, 7) is 0.122. The van der Waals surface area contributed by atoms with E-state index in [-0.39, 0.29) is 18.4 Å². The second-order valence-electron chi connectivity index (χ2n) is 5.79. The molecule has 1 heterocycles. The highest BCUT2D eigenvalue weighted by atomic mass is 35.5. The van der Waals surface area contributed by atoms with Crippen LogP contribution < -0.4 is 5.32 Å². The number of benzene rings is 1. The average Bonchev–Trinajstić information content (AvgIpc) is 3.19. The van der Waals surface area contributed by atoms with Gasteiger partial charge in [0, 0.05) is 18.4 Å². The lowest BCUT2D eigenvalue weighted by atomic mass is 10.0. The first kappa shape index (κ1) is 16.8. The highest BCUT2D eigenvalue weighted by Crippen LogP contribution is 2.36. The van der Waals surface area contributed by atoms with Crippen LogP contribution in [0.4, 0.5) is 8.78 Å². The maximum Gasteiger partial charge on any atom is 0.255 e. The second kappa shape index (κ2) is 6.82. The molecule has 3 atom stereocenters. The zero-order chi connectivity index (χ0) is 17.3. The molecule has 1 fully saturated rings. The van der Waals surface area contributed by atoms with Crippen molar-refractivity contribution in [3.63, 3.8) is 0 Å². The zero-order valence-electron chi connectivity index (χ0n) is 12.5. The van der Waals surface area contributed by atoms with Crippen molar-refractivity contribution in [2.24, 2.45) is 5.92 Å². The van der Waals surface area contributed by atoms with Gasteiger partial charge in [0.2, 0.25) is 0 Å². The number of aromatic nitrogens is 3. The minimum atomic E-state index is -0.898. The minimum absolute atomic E-state index is 0.0129. The molecule has 1 amide bonds. The van der Waals surface area contributed by atoms with E-state index in [1.807, 2.05) is 0 Å². The van der Waals surface area contributed by atoms with Gasteiger partial charge in [-0.05, 0) is 25.0 Å². The quantitative estimate of drug-likeness (QED) is 0.731. The van der Waals surface area contributed by atoms with Crippen molar-refractivity contribution in [1.82, 2.24) is 20.5 Å². The number of aliphatic hydroxyl groups excluding tert-OH is 1. The van der Waals surface area contributed by atoms with Gasteiger partial charge in [0.15, 0.2) is 0 Å². The Morgan fingerprint density at radius 2 is 2.12 bits per heavy atom. The van der Waals surface area contributed by atoms with Crippen LogP contribution in [0, 0.1) is 17.6 Å². The number of rotatable bonds is 4. The second-order valence-corrected chi connectivity index (χ2v) is 6.17. The van der Waals surface area contributed by atoms with Gasteiger partial charge in [-0.2, -0.15) is 5.10 Å². The Kier molecular flexibility index (Phi) is 4.77. The molecule has 3 N–H and O–H groups in total. The summed E-state index contributed by atoms with van der Waals surface area (Å²) >= 11 is 5.66. The molecule has 0 spiro atoms. The SMILES string of the molecule is O=C(NC[C@@H]1C[C@@H](c2ncn[nH]2)C[C@@H]1O)c1c(F)ccc(F)c1Cl. The zero-order valence-corrected chi connectivity index (χ0v) is 13.2. The van der Waals surface area contributed by atoms with E-state index >= 15 is 0 Å². The van der Waals surface area contributed by atoms with Crippen LogP contribution >= 0.6 is 11.6 Å². The summed E-state index contributed by atoms with van der Waals surface area (Å²) in [5.41, 5.74) is -0.532. The van der Waals surface area contributed by atoms with E-state index in [2.05, 4.69) is 20.5 Å². The Bertz CT molecular complexity index is 741. The Morgan fingerprint density at radius 1 is 1.38 bits per heavy atom. The summed E-state index contributed by atoms with van der Waals surface area (Å²) in [6.07, 6.45) is 1.85. The van der Waals surface area contributed by atoms with Gasteiger partial charge in [0.05, 0.1) is 16.7 Å². The number of carbonyl (C=O) groups is 1. The maximum atomic E-state index is 13.7. The monoisotopic (exact) mass is 356 g/mol. The Morgan fingerprint density at radius 3 is 2.83 bits per heavy atom. The Hall–Kier alpha value is -2.06. The number of carbonyl (C=O) groups excluding carboxylic acids is 1. The molecule has 0 saturated heterocycles. The smallest absolute Gasteiger partial charge is 0.255 e. The minimum Gasteiger partial charge on any atom is -0.393 e.